The van der Waals surface area contributed by atoms with Crippen molar-refractivity contribution in [1.29, 1.82) is 0 Å². The molecule has 0 saturated heterocycles. The van der Waals surface area contributed by atoms with Gasteiger partial charge >= 0.3 is 12.4 Å². The van der Waals surface area contributed by atoms with Crippen LogP contribution in [-0.4, -0.2) is 26.7 Å². The van der Waals surface area contributed by atoms with E-state index >= 15 is 0 Å². The Morgan fingerprint density at radius 1 is 0.931 bits per heavy atom. The average molecular weight is 447 g/mol. The van der Waals surface area contributed by atoms with E-state index in [0.717, 1.165) is 18.2 Å². The van der Waals surface area contributed by atoms with Crippen LogP contribution in [0.1, 0.15) is 11.1 Å². The number of hydrogen-bond donors (Lipinski definition) is 2. The Morgan fingerprint density at radius 2 is 1.48 bits per heavy atom. The lowest BCUT2D eigenvalue weighted by atomic mass is 10.1. The highest BCUT2D eigenvalue weighted by atomic mass is 32.2. The summed E-state index contributed by atoms with van der Waals surface area (Å²) in [5.41, 5.74) is -4.09. The van der Waals surface area contributed by atoms with Gasteiger partial charge in [-0.15, -0.1) is 0 Å². The van der Waals surface area contributed by atoms with Crippen molar-refractivity contribution in [3.8, 4) is 5.75 Å². The van der Waals surface area contributed by atoms with Crippen LogP contribution in [0.25, 0.3) is 0 Å². The Hall–Kier alpha value is -2.54. The van der Waals surface area contributed by atoms with E-state index in [0.29, 0.717) is 0 Å². The third kappa shape index (κ3) is 5.73. The first kappa shape index (κ1) is 22.7. The molecule has 13 heteroatoms. The van der Waals surface area contributed by atoms with Gasteiger partial charge in [0.1, 0.15) is 18.2 Å². The zero-order chi connectivity index (χ0) is 22.0. The lowest BCUT2D eigenvalue weighted by molar-refractivity contribution is -0.143. The van der Waals surface area contributed by atoms with E-state index in [4.69, 9.17) is 9.84 Å². The molecule has 2 aromatic carbocycles. The molecule has 29 heavy (non-hydrogen) atoms. The lowest BCUT2D eigenvalue weighted by Gasteiger charge is -2.16. The van der Waals surface area contributed by atoms with Crippen molar-refractivity contribution in [3.05, 3.63) is 53.3 Å². The number of hydrogen-bond acceptors (Lipinski definition) is 4. The summed E-state index contributed by atoms with van der Waals surface area (Å²) >= 11 is 0. The quantitative estimate of drug-likeness (QED) is 0.656. The van der Waals surface area contributed by atoms with E-state index < -0.39 is 62.3 Å². The largest absolute Gasteiger partial charge is 0.489 e. The van der Waals surface area contributed by atoms with Gasteiger partial charge in [0.15, 0.2) is 0 Å². The number of anilines is 1. The first-order valence-corrected chi connectivity index (χ1v) is 9.08. The summed E-state index contributed by atoms with van der Waals surface area (Å²) in [4.78, 5) is -1.31. The molecular weight excluding hydrogens is 435 g/mol. The number of ether oxygens (including phenoxy) is 1. The standard InChI is InChI=1S/C16H12F7NO4S/c17-11-1-2-13(14(8-11)28-4-3-25)24-29(26,27)12-6-9(15(18,19)20)5-10(7-12)16(21,22)23/h1-2,5-8,24-25H,3-4H2. The summed E-state index contributed by atoms with van der Waals surface area (Å²) in [6, 6.07) is 2.23. The smallest absolute Gasteiger partial charge is 0.416 e. The molecule has 0 aromatic heterocycles. The second-order valence-electron chi connectivity index (χ2n) is 5.56. The summed E-state index contributed by atoms with van der Waals surface area (Å²) in [7, 11) is -4.95. The van der Waals surface area contributed by atoms with Crippen LogP contribution < -0.4 is 9.46 Å². The molecule has 160 valence electrons. The minimum Gasteiger partial charge on any atom is -0.489 e. The number of sulfonamides is 1. The fourth-order valence-corrected chi connectivity index (χ4v) is 3.28. The molecule has 5 nitrogen and oxygen atoms in total. The fourth-order valence-electron chi connectivity index (χ4n) is 2.14. The van der Waals surface area contributed by atoms with Crippen LogP contribution in [0, 0.1) is 5.82 Å². The van der Waals surface area contributed by atoms with Crippen LogP contribution in [0.4, 0.5) is 36.4 Å². The van der Waals surface area contributed by atoms with Gasteiger partial charge in [0, 0.05) is 6.07 Å². The van der Waals surface area contributed by atoms with E-state index in [9.17, 15) is 39.2 Å². The zero-order valence-corrected chi connectivity index (χ0v) is 14.9. The highest BCUT2D eigenvalue weighted by Crippen LogP contribution is 2.38. The highest BCUT2D eigenvalue weighted by Gasteiger charge is 2.38. The number of halogens is 7. The van der Waals surface area contributed by atoms with Crippen LogP contribution in [0.3, 0.4) is 0 Å². The van der Waals surface area contributed by atoms with E-state index in [1.54, 1.807) is 4.72 Å². The third-order valence-corrected chi connectivity index (χ3v) is 4.75. The summed E-state index contributed by atoms with van der Waals surface area (Å²) in [6.45, 7) is -0.898. The summed E-state index contributed by atoms with van der Waals surface area (Å²) in [5, 5.41) is 8.74. The molecule has 0 unspecified atom stereocenters. The van der Waals surface area contributed by atoms with Crippen molar-refractivity contribution in [3.63, 3.8) is 0 Å². The first-order chi connectivity index (χ1) is 13.2. The van der Waals surface area contributed by atoms with Crippen LogP contribution >= 0.6 is 0 Å². The van der Waals surface area contributed by atoms with E-state index in [2.05, 4.69) is 0 Å². The van der Waals surface area contributed by atoms with E-state index in [-0.39, 0.29) is 24.8 Å². The van der Waals surface area contributed by atoms with Crippen molar-refractivity contribution >= 4 is 15.7 Å². The molecule has 0 aliphatic heterocycles. The second kappa shape index (κ2) is 8.06. The van der Waals surface area contributed by atoms with Crippen molar-refractivity contribution < 1.29 is 49.0 Å². The summed E-state index contributed by atoms with van der Waals surface area (Å²) in [5.74, 6) is -1.29. The summed E-state index contributed by atoms with van der Waals surface area (Å²) in [6.07, 6.45) is -10.5. The van der Waals surface area contributed by atoms with Gasteiger partial charge in [-0.25, -0.2) is 12.8 Å². The molecule has 0 aliphatic rings. The molecule has 0 aliphatic carbocycles. The minimum atomic E-state index is -5.24. The molecule has 2 N–H and O–H groups in total. The SMILES string of the molecule is O=S(=O)(Nc1ccc(F)cc1OCCO)c1cc(C(F)(F)F)cc(C(F)(F)F)c1. The molecule has 2 rings (SSSR count). The molecule has 0 radical (unpaired) electrons. The van der Waals surface area contributed by atoms with Gasteiger partial charge in [0.2, 0.25) is 0 Å². The van der Waals surface area contributed by atoms with Crippen LogP contribution in [0.2, 0.25) is 0 Å². The van der Waals surface area contributed by atoms with Crippen LogP contribution in [0.5, 0.6) is 5.75 Å². The Labute approximate surface area is 159 Å². The van der Waals surface area contributed by atoms with Crippen LogP contribution in [0.15, 0.2) is 41.3 Å². The Bertz CT molecular complexity index is 955. The Morgan fingerprint density at radius 3 is 1.97 bits per heavy atom. The lowest BCUT2D eigenvalue weighted by Crippen LogP contribution is -2.18. The van der Waals surface area contributed by atoms with Crippen molar-refractivity contribution in [2.45, 2.75) is 17.2 Å². The maximum absolute atomic E-state index is 13.3. The molecule has 0 atom stereocenters. The third-order valence-electron chi connectivity index (χ3n) is 3.41. The minimum absolute atomic E-state index is 0.0371. The number of aliphatic hydroxyl groups is 1. The first-order valence-electron chi connectivity index (χ1n) is 7.59. The number of rotatable bonds is 6. The van der Waals surface area contributed by atoms with Crippen molar-refractivity contribution in [2.75, 3.05) is 17.9 Å². The number of aliphatic hydroxyl groups excluding tert-OH is 1. The van der Waals surface area contributed by atoms with Gasteiger partial charge in [0.25, 0.3) is 10.0 Å². The van der Waals surface area contributed by atoms with Crippen LogP contribution in [-0.2, 0) is 22.4 Å². The molecule has 0 spiro atoms. The van der Waals surface area contributed by atoms with Gasteiger partial charge in [-0.2, -0.15) is 26.3 Å². The molecule has 2 aromatic rings. The average Bonchev–Trinajstić information content (AvgIpc) is 2.60. The normalized spacial score (nSPS) is 12.7. The number of alkyl halides is 6. The number of benzene rings is 2. The van der Waals surface area contributed by atoms with Gasteiger partial charge in [0.05, 0.1) is 28.3 Å². The molecule has 0 fully saturated rings. The fraction of sp³-hybridized carbons (Fsp3) is 0.250. The monoisotopic (exact) mass is 447 g/mol. The maximum atomic E-state index is 13.3. The van der Waals surface area contributed by atoms with E-state index in [1.165, 1.54) is 0 Å². The molecule has 0 heterocycles. The highest BCUT2D eigenvalue weighted by molar-refractivity contribution is 7.92. The van der Waals surface area contributed by atoms with Crippen molar-refractivity contribution in [2.24, 2.45) is 0 Å². The Balaban J connectivity index is 2.54. The molecular formula is C16H12F7NO4S. The van der Waals surface area contributed by atoms with E-state index in [1.807, 2.05) is 0 Å². The molecule has 0 amide bonds. The van der Waals surface area contributed by atoms with Gasteiger partial charge in [-0.3, -0.25) is 4.72 Å². The Kier molecular flexibility index (Phi) is 6.33. The maximum Gasteiger partial charge on any atom is 0.416 e. The zero-order valence-electron chi connectivity index (χ0n) is 14.1. The second-order valence-corrected chi connectivity index (χ2v) is 7.24. The predicted octanol–water partition coefficient (Wildman–Crippen LogP) is 4.04. The molecule has 0 saturated carbocycles. The predicted molar refractivity (Wildman–Crippen MR) is 86.2 cm³/mol. The summed E-state index contributed by atoms with van der Waals surface area (Å²) < 4.78 is 122. The molecule has 0 bridgehead atoms. The topological polar surface area (TPSA) is 75.6 Å². The van der Waals surface area contributed by atoms with Gasteiger partial charge in [-0.1, -0.05) is 0 Å². The van der Waals surface area contributed by atoms with Gasteiger partial charge < -0.3 is 9.84 Å². The van der Waals surface area contributed by atoms with Crippen molar-refractivity contribution in [1.82, 2.24) is 0 Å². The van der Waals surface area contributed by atoms with Gasteiger partial charge in [-0.05, 0) is 30.3 Å². The number of nitrogens with one attached hydrogen (secondary N) is 1.